The maximum Gasteiger partial charge on any atom is 0.350 e. The average molecular weight is 720 g/mol. The first-order chi connectivity index (χ1) is 24.2. The Morgan fingerprint density at radius 1 is 0.860 bits per heavy atom. The normalized spacial score (nSPS) is 20.1. The largest absolute Gasteiger partial charge is 0.491 e. The molecule has 3 atom stereocenters. The molecule has 14 heteroatoms. The number of nitrogens with zero attached hydrogens (tertiary/aromatic N) is 8. The molecule has 262 valence electrons. The molecule has 2 fully saturated rings. The number of benzene rings is 3. The molecule has 2 aliphatic heterocycles. The standard InChI is InChI=1S/C36H40Cl2N8O4/c1-25(2)26(3)46-35(47)44(24-41-46)30-7-5-28(6-8-30)42-16-18-43(19-17-42)29-9-11-31(12-10-29)48-21-32-22-49-36(50-32,23-45-39-14-15-40-45)33-13-4-27(37)20-34(33)38/h4-15,20,24-26,32H,16-19,21-23H2,1-3H3/t26?,32-,36-/m1/s1. The molecule has 0 N–H and O–H groups in total. The quantitative estimate of drug-likeness (QED) is 0.167. The van der Waals surface area contributed by atoms with Gasteiger partial charge in [-0.2, -0.15) is 20.1 Å². The Hall–Kier alpha value is -4.36. The van der Waals surface area contributed by atoms with Gasteiger partial charge in [-0.3, -0.25) is 0 Å². The van der Waals surface area contributed by atoms with Crippen LogP contribution in [-0.2, 0) is 21.8 Å². The van der Waals surface area contributed by atoms with Gasteiger partial charge in [0.2, 0.25) is 5.79 Å². The number of aromatic nitrogens is 6. The van der Waals surface area contributed by atoms with Gasteiger partial charge in [0, 0.05) is 48.1 Å². The summed E-state index contributed by atoms with van der Waals surface area (Å²) in [6.45, 7) is 10.6. The summed E-state index contributed by atoms with van der Waals surface area (Å²) in [6, 6.07) is 21.5. The van der Waals surface area contributed by atoms with Gasteiger partial charge in [-0.15, -0.1) is 0 Å². The minimum atomic E-state index is -1.18. The van der Waals surface area contributed by atoms with Gasteiger partial charge in [-0.1, -0.05) is 43.1 Å². The smallest absolute Gasteiger partial charge is 0.350 e. The molecule has 0 aliphatic carbocycles. The minimum Gasteiger partial charge on any atom is -0.491 e. The average Bonchev–Trinajstić information content (AvgIpc) is 3.88. The lowest BCUT2D eigenvalue weighted by Crippen LogP contribution is -2.46. The Morgan fingerprint density at radius 3 is 2.10 bits per heavy atom. The van der Waals surface area contributed by atoms with Crippen LogP contribution in [-0.4, -0.2) is 74.8 Å². The van der Waals surface area contributed by atoms with Crippen molar-refractivity contribution in [2.24, 2.45) is 5.92 Å². The lowest BCUT2D eigenvalue weighted by atomic mass is 10.1. The van der Waals surface area contributed by atoms with E-state index in [1.54, 1.807) is 46.2 Å². The van der Waals surface area contributed by atoms with E-state index in [2.05, 4.69) is 63.2 Å². The highest BCUT2D eigenvalue weighted by atomic mass is 35.5. The fourth-order valence-corrected chi connectivity index (χ4v) is 6.86. The van der Waals surface area contributed by atoms with E-state index in [1.165, 1.54) is 4.80 Å². The van der Waals surface area contributed by atoms with Crippen molar-refractivity contribution in [3.63, 3.8) is 0 Å². The van der Waals surface area contributed by atoms with Gasteiger partial charge in [0.25, 0.3) is 0 Å². The molecule has 2 saturated heterocycles. The van der Waals surface area contributed by atoms with Gasteiger partial charge in [-0.05, 0) is 73.5 Å². The topological polar surface area (TPSA) is 105 Å². The van der Waals surface area contributed by atoms with Crippen molar-refractivity contribution in [3.8, 4) is 11.4 Å². The van der Waals surface area contributed by atoms with E-state index >= 15 is 0 Å². The summed E-state index contributed by atoms with van der Waals surface area (Å²) >= 11 is 12.7. The monoisotopic (exact) mass is 718 g/mol. The van der Waals surface area contributed by atoms with Crippen LogP contribution in [0.4, 0.5) is 11.4 Å². The van der Waals surface area contributed by atoms with Crippen molar-refractivity contribution in [2.75, 3.05) is 49.2 Å². The number of hydrogen-bond donors (Lipinski definition) is 0. The second kappa shape index (κ2) is 14.5. The van der Waals surface area contributed by atoms with Gasteiger partial charge < -0.3 is 24.0 Å². The number of hydrogen-bond acceptors (Lipinski definition) is 9. The van der Waals surface area contributed by atoms with Crippen LogP contribution in [0.3, 0.4) is 0 Å². The van der Waals surface area contributed by atoms with Crippen molar-refractivity contribution in [1.82, 2.24) is 29.3 Å². The molecular weight excluding hydrogens is 679 g/mol. The molecule has 2 aliphatic rings. The Labute approximate surface area is 300 Å². The zero-order valence-corrected chi connectivity index (χ0v) is 29.7. The summed E-state index contributed by atoms with van der Waals surface area (Å²) in [5.41, 5.74) is 3.62. The molecule has 3 aromatic carbocycles. The zero-order chi connectivity index (χ0) is 34.8. The molecule has 12 nitrogen and oxygen atoms in total. The second-order valence-corrected chi connectivity index (χ2v) is 13.8. The summed E-state index contributed by atoms with van der Waals surface area (Å²) in [7, 11) is 0. The Morgan fingerprint density at radius 2 is 1.48 bits per heavy atom. The van der Waals surface area contributed by atoms with Crippen LogP contribution in [0.15, 0.2) is 90.2 Å². The van der Waals surface area contributed by atoms with Crippen molar-refractivity contribution in [3.05, 3.63) is 112 Å². The summed E-state index contributed by atoms with van der Waals surface area (Å²) in [5, 5.41) is 13.8. The van der Waals surface area contributed by atoms with Crippen LogP contribution < -0.4 is 20.2 Å². The first kappa shape index (κ1) is 34.1. The maximum absolute atomic E-state index is 12.9. The molecule has 1 unspecified atom stereocenters. The molecule has 0 spiro atoms. The number of anilines is 2. The van der Waals surface area contributed by atoms with Crippen LogP contribution >= 0.6 is 23.2 Å². The second-order valence-electron chi connectivity index (χ2n) is 13.0. The number of piperazine rings is 1. The van der Waals surface area contributed by atoms with Gasteiger partial charge in [0.05, 0.1) is 35.8 Å². The third kappa shape index (κ3) is 7.11. The first-order valence-corrected chi connectivity index (χ1v) is 17.6. The van der Waals surface area contributed by atoms with E-state index in [0.717, 1.165) is 49.0 Å². The van der Waals surface area contributed by atoms with Crippen LogP contribution in [0, 0.1) is 5.92 Å². The lowest BCUT2D eigenvalue weighted by molar-refractivity contribution is -0.192. The van der Waals surface area contributed by atoms with Crippen molar-refractivity contribution in [1.29, 1.82) is 0 Å². The maximum atomic E-state index is 12.9. The fourth-order valence-electron chi connectivity index (χ4n) is 6.31. The molecule has 5 aromatic rings. The van der Waals surface area contributed by atoms with Crippen LogP contribution in [0.2, 0.25) is 10.0 Å². The number of ether oxygens (including phenoxy) is 3. The van der Waals surface area contributed by atoms with Gasteiger partial charge in [0.1, 0.15) is 31.3 Å². The highest BCUT2D eigenvalue weighted by Gasteiger charge is 2.46. The molecule has 4 heterocycles. The van der Waals surface area contributed by atoms with Crippen molar-refractivity contribution < 1.29 is 14.2 Å². The van der Waals surface area contributed by atoms with Crippen molar-refractivity contribution >= 4 is 34.6 Å². The Kier molecular flexibility index (Phi) is 9.87. The van der Waals surface area contributed by atoms with E-state index in [4.69, 9.17) is 37.4 Å². The Balaban J connectivity index is 0.924. The Bertz CT molecular complexity index is 1940. The third-order valence-electron chi connectivity index (χ3n) is 9.47. The van der Waals surface area contributed by atoms with Crippen LogP contribution in [0.5, 0.6) is 5.75 Å². The van der Waals surface area contributed by atoms with E-state index in [1.807, 2.05) is 31.2 Å². The summed E-state index contributed by atoms with van der Waals surface area (Å²) in [5.74, 6) is -0.120. The highest BCUT2D eigenvalue weighted by molar-refractivity contribution is 6.35. The fraction of sp³-hybridized carbons (Fsp3) is 0.389. The highest BCUT2D eigenvalue weighted by Crippen LogP contribution is 2.40. The van der Waals surface area contributed by atoms with E-state index < -0.39 is 5.79 Å². The van der Waals surface area contributed by atoms with Gasteiger partial charge in [0.15, 0.2) is 0 Å². The molecule has 50 heavy (non-hydrogen) atoms. The predicted octanol–water partition coefficient (Wildman–Crippen LogP) is 5.82. The summed E-state index contributed by atoms with van der Waals surface area (Å²) < 4.78 is 22.0. The number of rotatable bonds is 11. The third-order valence-corrected chi connectivity index (χ3v) is 10.0. The van der Waals surface area contributed by atoms with Crippen LogP contribution in [0.25, 0.3) is 5.69 Å². The summed E-state index contributed by atoms with van der Waals surface area (Å²) in [6.07, 6.45) is 4.47. The van der Waals surface area contributed by atoms with Gasteiger partial charge in [-0.25, -0.2) is 14.0 Å². The minimum absolute atomic E-state index is 0.0319. The molecular formula is C36H40Cl2N8O4. The molecule has 0 saturated carbocycles. The van der Waals surface area contributed by atoms with Gasteiger partial charge >= 0.3 is 5.69 Å². The van der Waals surface area contributed by atoms with E-state index in [-0.39, 0.29) is 24.4 Å². The zero-order valence-electron chi connectivity index (χ0n) is 28.2. The molecule has 7 rings (SSSR count). The molecule has 2 aromatic heterocycles. The predicted molar refractivity (Wildman–Crippen MR) is 193 cm³/mol. The molecule has 0 amide bonds. The van der Waals surface area contributed by atoms with Crippen LogP contribution in [0.1, 0.15) is 32.4 Å². The SMILES string of the molecule is CC(C)C(C)n1ncn(-c2ccc(N3CCN(c4ccc(OC[C@@H]5CO[C@@](Cn6nccn6)(c6ccc(Cl)cc6Cl)O5)cc4)CC3)cc2)c1=O. The first-order valence-electron chi connectivity index (χ1n) is 16.8. The van der Waals surface area contributed by atoms with Crippen molar-refractivity contribution in [2.45, 2.75) is 45.2 Å². The van der Waals surface area contributed by atoms with E-state index in [9.17, 15) is 4.79 Å². The molecule has 0 bridgehead atoms. The number of halogens is 2. The molecule has 0 radical (unpaired) electrons. The van der Waals surface area contributed by atoms with E-state index in [0.29, 0.717) is 34.7 Å². The lowest BCUT2D eigenvalue weighted by Gasteiger charge is -2.37. The summed E-state index contributed by atoms with van der Waals surface area (Å²) in [4.78, 5) is 19.2.